The molecule has 3 aliphatic rings. The molecule has 30 heavy (non-hydrogen) atoms. The van der Waals surface area contributed by atoms with Gasteiger partial charge in [-0.1, -0.05) is 25.0 Å². The summed E-state index contributed by atoms with van der Waals surface area (Å²) in [6.07, 6.45) is 6.42. The molecule has 158 valence electrons. The van der Waals surface area contributed by atoms with Crippen LogP contribution in [-0.2, 0) is 9.59 Å². The number of hydrogen-bond donors (Lipinski definition) is 1. The van der Waals surface area contributed by atoms with Gasteiger partial charge in [-0.2, -0.15) is 0 Å². The molecular weight excluding hydrogens is 400 g/mol. The molecule has 2 aromatic rings. The smallest absolute Gasteiger partial charge is 0.325 e. The van der Waals surface area contributed by atoms with E-state index in [0.29, 0.717) is 19.4 Å². The number of fused-ring (bicyclic) bond motifs is 1. The Kier molecular flexibility index (Phi) is 4.97. The largest absolute Gasteiger partial charge is 0.333 e. The number of piperidine rings is 1. The summed E-state index contributed by atoms with van der Waals surface area (Å²) >= 11 is 1.65. The van der Waals surface area contributed by atoms with Crippen molar-refractivity contribution in [3.05, 3.63) is 29.3 Å². The molecule has 3 fully saturated rings. The molecule has 4 amide bonds. The van der Waals surface area contributed by atoms with Gasteiger partial charge in [-0.3, -0.25) is 14.5 Å². The van der Waals surface area contributed by atoms with Crippen molar-refractivity contribution in [1.82, 2.24) is 20.1 Å². The van der Waals surface area contributed by atoms with Crippen molar-refractivity contribution in [1.29, 1.82) is 0 Å². The van der Waals surface area contributed by atoms with E-state index in [9.17, 15) is 14.4 Å². The zero-order chi connectivity index (χ0) is 20.7. The fourth-order valence-corrected chi connectivity index (χ4v) is 6.18. The molecule has 2 aliphatic heterocycles. The van der Waals surface area contributed by atoms with E-state index in [1.807, 2.05) is 23.1 Å². The third kappa shape index (κ3) is 3.27. The van der Waals surface area contributed by atoms with Gasteiger partial charge in [-0.15, -0.1) is 11.3 Å². The number of likely N-dealkylation sites (tertiary alicyclic amines) is 1. The Morgan fingerprint density at radius 2 is 1.97 bits per heavy atom. The fraction of sp³-hybridized carbons (Fsp3) is 0.545. The summed E-state index contributed by atoms with van der Waals surface area (Å²) in [6, 6.07) is 7.67. The number of urea groups is 1. The SMILES string of the molecule is O=C1NC2(CCCC2)C(=O)N1CCC(=O)N1CCCC[C@H]1c1nc2ccccc2s1. The predicted molar refractivity (Wildman–Crippen MR) is 114 cm³/mol. The number of thiazole rings is 1. The lowest BCUT2D eigenvalue weighted by molar-refractivity contribution is -0.136. The van der Waals surface area contributed by atoms with Gasteiger partial charge in [0.1, 0.15) is 10.5 Å². The van der Waals surface area contributed by atoms with Crippen LogP contribution in [0.1, 0.15) is 62.4 Å². The summed E-state index contributed by atoms with van der Waals surface area (Å²) in [6.45, 7) is 0.845. The van der Waals surface area contributed by atoms with Gasteiger partial charge in [-0.25, -0.2) is 9.78 Å². The van der Waals surface area contributed by atoms with E-state index in [1.54, 1.807) is 11.3 Å². The Balaban J connectivity index is 1.28. The molecule has 8 heteroatoms. The Labute approximate surface area is 179 Å². The van der Waals surface area contributed by atoms with E-state index in [2.05, 4.69) is 11.4 Å². The Morgan fingerprint density at radius 3 is 2.77 bits per heavy atom. The third-order valence-corrected chi connectivity index (χ3v) is 7.81. The van der Waals surface area contributed by atoms with Crippen molar-refractivity contribution >= 4 is 39.4 Å². The van der Waals surface area contributed by atoms with Gasteiger partial charge in [0.15, 0.2) is 0 Å². The maximum Gasteiger partial charge on any atom is 0.325 e. The van der Waals surface area contributed by atoms with Crippen LogP contribution >= 0.6 is 11.3 Å². The molecule has 1 aromatic carbocycles. The van der Waals surface area contributed by atoms with Crippen molar-refractivity contribution in [3.8, 4) is 0 Å². The highest BCUT2D eigenvalue weighted by atomic mass is 32.1. The first-order chi connectivity index (χ1) is 14.6. The summed E-state index contributed by atoms with van der Waals surface area (Å²) in [5, 5.41) is 3.86. The van der Waals surface area contributed by atoms with E-state index in [-0.39, 0.29) is 36.9 Å². The van der Waals surface area contributed by atoms with Crippen molar-refractivity contribution in [2.45, 2.75) is 62.9 Å². The number of rotatable bonds is 4. The van der Waals surface area contributed by atoms with E-state index in [0.717, 1.165) is 47.3 Å². The van der Waals surface area contributed by atoms with Crippen LogP contribution in [0.4, 0.5) is 4.79 Å². The normalized spacial score (nSPS) is 23.5. The second kappa shape index (κ2) is 7.65. The molecule has 2 saturated heterocycles. The Bertz CT molecular complexity index is 964. The number of benzene rings is 1. The van der Waals surface area contributed by atoms with Crippen LogP contribution < -0.4 is 5.32 Å². The van der Waals surface area contributed by atoms with Crippen LogP contribution in [0.15, 0.2) is 24.3 Å². The second-order valence-corrected chi connectivity index (χ2v) is 9.61. The van der Waals surface area contributed by atoms with Gasteiger partial charge in [0.2, 0.25) is 5.91 Å². The van der Waals surface area contributed by atoms with Gasteiger partial charge in [0.05, 0.1) is 16.3 Å². The number of nitrogens with zero attached hydrogens (tertiary/aromatic N) is 3. The van der Waals surface area contributed by atoms with E-state index >= 15 is 0 Å². The molecule has 0 bridgehead atoms. The summed E-state index contributed by atoms with van der Waals surface area (Å²) in [7, 11) is 0. The lowest BCUT2D eigenvalue weighted by Crippen LogP contribution is -2.44. The van der Waals surface area contributed by atoms with Gasteiger partial charge in [-0.05, 0) is 44.2 Å². The summed E-state index contributed by atoms with van der Waals surface area (Å²) in [4.78, 5) is 46.2. The maximum absolute atomic E-state index is 13.1. The molecule has 1 N–H and O–H groups in total. The van der Waals surface area contributed by atoms with Gasteiger partial charge >= 0.3 is 6.03 Å². The van der Waals surface area contributed by atoms with E-state index in [4.69, 9.17) is 4.98 Å². The Hall–Kier alpha value is -2.48. The topological polar surface area (TPSA) is 82.6 Å². The number of imide groups is 1. The minimum atomic E-state index is -0.714. The minimum Gasteiger partial charge on any atom is -0.333 e. The first-order valence-electron chi connectivity index (χ1n) is 10.9. The number of hydrogen-bond acceptors (Lipinski definition) is 5. The lowest BCUT2D eigenvalue weighted by Gasteiger charge is -2.35. The standard InChI is InChI=1S/C22H26N4O3S/c27-18(10-14-26-20(28)22(24-21(26)29)11-4-5-12-22)25-13-6-3-8-16(25)19-23-15-7-1-2-9-17(15)30-19/h1-2,7,9,16H,3-6,8,10-14H2,(H,24,29)/t16-/m0/s1. The highest BCUT2D eigenvalue weighted by molar-refractivity contribution is 7.18. The van der Waals surface area contributed by atoms with Crippen LogP contribution in [0.2, 0.25) is 0 Å². The molecule has 3 heterocycles. The molecular formula is C22H26N4O3S. The third-order valence-electron chi connectivity index (χ3n) is 6.67. The van der Waals surface area contributed by atoms with Crippen molar-refractivity contribution in [3.63, 3.8) is 0 Å². The molecule has 1 saturated carbocycles. The highest BCUT2D eigenvalue weighted by Gasteiger charge is 2.52. The number of nitrogens with one attached hydrogen (secondary N) is 1. The van der Waals surface area contributed by atoms with Crippen LogP contribution in [0.3, 0.4) is 0 Å². The average molecular weight is 427 g/mol. The van der Waals surface area contributed by atoms with Crippen LogP contribution in [0.25, 0.3) is 10.2 Å². The number of carbonyl (C=O) groups is 3. The zero-order valence-corrected chi connectivity index (χ0v) is 17.7. The number of aromatic nitrogens is 1. The van der Waals surface area contributed by atoms with Gasteiger partial charge in [0.25, 0.3) is 5.91 Å². The van der Waals surface area contributed by atoms with Gasteiger partial charge in [0, 0.05) is 19.5 Å². The first kappa shape index (κ1) is 19.5. The zero-order valence-electron chi connectivity index (χ0n) is 16.9. The summed E-state index contributed by atoms with van der Waals surface area (Å²) in [5.41, 5.74) is 0.256. The molecule has 0 radical (unpaired) electrons. The summed E-state index contributed by atoms with van der Waals surface area (Å²) in [5.74, 6) is -0.161. The van der Waals surface area contributed by atoms with E-state index < -0.39 is 5.54 Å². The van der Waals surface area contributed by atoms with Crippen LogP contribution in [-0.4, -0.2) is 51.3 Å². The number of carbonyl (C=O) groups excluding carboxylic acids is 3. The Morgan fingerprint density at radius 1 is 1.17 bits per heavy atom. The van der Waals surface area contributed by atoms with E-state index in [1.165, 1.54) is 4.90 Å². The molecule has 0 unspecified atom stereocenters. The molecule has 1 spiro atoms. The molecule has 1 aromatic heterocycles. The first-order valence-corrected chi connectivity index (χ1v) is 11.7. The molecule has 7 nitrogen and oxygen atoms in total. The van der Waals surface area contributed by atoms with Crippen molar-refractivity contribution in [2.75, 3.05) is 13.1 Å². The number of para-hydroxylation sites is 1. The fourth-order valence-electron chi connectivity index (χ4n) is 5.07. The highest BCUT2D eigenvalue weighted by Crippen LogP contribution is 2.37. The lowest BCUT2D eigenvalue weighted by atomic mass is 9.98. The molecule has 1 aliphatic carbocycles. The predicted octanol–water partition coefficient (Wildman–Crippen LogP) is 3.60. The maximum atomic E-state index is 13.1. The van der Waals surface area contributed by atoms with Crippen molar-refractivity contribution < 1.29 is 14.4 Å². The molecule has 5 rings (SSSR count). The number of amides is 4. The second-order valence-electron chi connectivity index (χ2n) is 8.54. The minimum absolute atomic E-state index is 0.00747. The van der Waals surface area contributed by atoms with Gasteiger partial charge < -0.3 is 10.2 Å². The monoisotopic (exact) mass is 426 g/mol. The van der Waals surface area contributed by atoms with Crippen LogP contribution in [0, 0.1) is 0 Å². The quantitative estimate of drug-likeness (QED) is 0.757. The molecule has 1 atom stereocenters. The van der Waals surface area contributed by atoms with Crippen LogP contribution in [0.5, 0.6) is 0 Å². The summed E-state index contributed by atoms with van der Waals surface area (Å²) < 4.78 is 1.13. The average Bonchev–Trinajstić information content (AvgIpc) is 3.46. The van der Waals surface area contributed by atoms with Crippen molar-refractivity contribution in [2.24, 2.45) is 0 Å².